The lowest BCUT2D eigenvalue weighted by Crippen LogP contribution is -2.25. The molecule has 1 aromatic carbocycles. The summed E-state index contributed by atoms with van der Waals surface area (Å²) in [5.41, 5.74) is 0.0182. The molecule has 0 aliphatic heterocycles. The molecule has 2 amide bonds. The molecule has 4 aromatic rings. The molecule has 0 bridgehead atoms. The van der Waals surface area contributed by atoms with Crippen LogP contribution in [0.1, 0.15) is 32.6 Å². The lowest BCUT2D eigenvalue weighted by molar-refractivity contribution is 0.0943. The molecule has 9 nitrogen and oxygen atoms in total. The molecule has 13 heteroatoms. The number of aromatic nitrogens is 2. The van der Waals surface area contributed by atoms with E-state index in [1.54, 1.807) is 19.2 Å². The highest BCUT2D eigenvalue weighted by molar-refractivity contribution is 6.07. The second-order valence-electron chi connectivity index (χ2n) is 7.13. The Hall–Kier alpha value is -4.55. The molecule has 35 heavy (non-hydrogen) atoms. The largest absolute Gasteiger partial charge is 0.479 e. The average Bonchev–Trinajstić information content (AvgIpc) is 3.57. The van der Waals surface area contributed by atoms with Gasteiger partial charge in [-0.15, -0.1) is 0 Å². The van der Waals surface area contributed by atoms with E-state index in [9.17, 15) is 27.2 Å². The van der Waals surface area contributed by atoms with Gasteiger partial charge in [0.1, 0.15) is 18.1 Å². The van der Waals surface area contributed by atoms with Crippen molar-refractivity contribution in [2.45, 2.75) is 13.2 Å². The van der Waals surface area contributed by atoms with Gasteiger partial charge in [0.2, 0.25) is 11.6 Å². The maximum Gasteiger partial charge on any atom is 0.291 e. The zero-order valence-corrected chi connectivity index (χ0v) is 17.9. The van der Waals surface area contributed by atoms with Crippen LogP contribution in [0.4, 0.5) is 23.2 Å². The maximum absolute atomic E-state index is 13.7. The summed E-state index contributed by atoms with van der Waals surface area (Å²) in [6.07, 6.45) is 2.86. The second-order valence-corrected chi connectivity index (χ2v) is 7.13. The van der Waals surface area contributed by atoms with Crippen molar-refractivity contribution in [3.05, 3.63) is 89.0 Å². The SMILES string of the molecule is Cn1cc(NC(=O)c2ccc(COc3c(F)c(F)cc(F)c3F)o2)c(C(=O)NCc2ccco2)n1. The third kappa shape index (κ3) is 5.18. The summed E-state index contributed by atoms with van der Waals surface area (Å²) in [7, 11) is 1.55. The molecule has 0 atom stereocenters. The first kappa shape index (κ1) is 23.6. The summed E-state index contributed by atoms with van der Waals surface area (Å²) in [5, 5.41) is 9.12. The van der Waals surface area contributed by atoms with E-state index < -0.39 is 47.4 Å². The Balaban J connectivity index is 1.41. The molecular weight excluding hydrogens is 476 g/mol. The lowest BCUT2D eigenvalue weighted by Gasteiger charge is -2.08. The highest BCUT2D eigenvalue weighted by Gasteiger charge is 2.23. The van der Waals surface area contributed by atoms with Gasteiger partial charge in [0, 0.05) is 19.3 Å². The van der Waals surface area contributed by atoms with Gasteiger partial charge in [-0.3, -0.25) is 14.3 Å². The predicted octanol–water partition coefficient (Wildman–Crippen LogP) is 3.92. The quantitative estimate of drug-likeness (QED) is 0.285. The van der Waals surface area contributed by atoms with E-state index in [0.29, 0.717) is 5.76 Å². The van der Waals surface area contributed by atoms with Crippen LogP contribution in [-0.2, 0) is 20.2 Å². The fourth-order valence-corrected chi connectivity index (χ4v) is 2.99. The molecule has 0 unspecified atom stereocenters. The standard InChI is InChI=1S/C22H16F4N4O5/c1-30-9-15(19(29-30)22(32)27-8-11-3-2-6-33-11)28-21(31)16-5-4-12(35-16)10-34-20-17(25)13(23)7-14(24)18(20)26/h2-7,9H,8,10H2,1H3,(H,27,32)(H,28,31). The Morgan fingerprint density at radius 2 is 1.80 bits per heavy atom. The number of ether oxygens (including phenoxy) is 1. The molecule has 0 saturated heterocycles. The number of rotatable bonds is 8. The Morgan fingerprint density at radius 3 is 2.49 bits per heavy atom. The zero-order chi connectivity index (χ0) is 25.1. The summed E-state index contributed by atoms with van der Waals surface area (Å²) >= 11 is 0. The molecule has 182 valence electrons. The first-order chi connectivity index (χ1) is 16.7. The Labute approximate surface area is 194 Å². The number of aryl methyl sites for hydroxylation is 1. The van der Waals surface area contributed by atoms with Crippen LogP contribution in [0.3, 0.4) is 0 Å². The van der Waals surface area contributed by atoms with Gasteiger partial charge < -0.3 is 24.2 Å². The lowest BCUT2D eigenvalue weighted by atomic mass is 10.3. The van der Waals surface area contributed by atoms with Crippen LogP contribution >= 0.6 is 0 Å². The molecule has 0 spiro atoms. The number of furan rings is 2. The number of carbonyl (C=O) groups excluding carboxylic acids is 2. The summed E-state index contributed by atoms with van der Waals surface area (Å²) in [6.45, 7) is -0.523. The van der Waals surface area contributed by atoms with Crippen LogP contribution in [0.25, 0.3) is 0 Å². The summed E-state index contributed by atoms with van der Waals surface area (Å²) in [4.78, 5) is 25.1. The predicted molar refractivity (Wildman–Crippen MR) is 110 cm³/mol. The minimum Gasteiger partial charge on any atom is -0.479 e. The molecule has 0 saturated carbocycles. The normalized spacial score (nSPS) is 10.9. The Kier molecular flexibility index (Phi) is 6.57. The van der Waals surface area contributed by atoms with Gasteiger partial charge in [-0.1, -0.05) is 0 Å². The van der Waals surface area contributed by atoms with Crippen molar-refractivity contribution in [3.63, 3.8) is 0 Å². The number of halogens is 4. The van der Waals surface area contributed by atoms with E-state index in [0.717, 1.165) is 0 Å². The number of nitrogens with zero attached hydrogens (tertiary/aromatic N) is 2. The van der Waals surface area contributed by atoms with Crippen molar-refractivity contribution in [1.82, 2.24) is 15.1 Å². The van der Waals surface area contributed by atoms with Crippen molar-refractivity contribution in [2.24, 2.45) is 7.05 Å². The van der Waals surface area contributed by atoms with E-state index >= 15 is 0 Å². The Morgan fingerprint density at radius 1 is 1.06 bits per heavy atom. The maximum atomic E-state index is 13.7. The van der Waals surface area contributed by atoms with Crippen LogP contribution < -0.4 is 15.4 Å². The first-order valence-electron chi connectivity index (χ1n) is 9.93. The summed E-state index contributed by atoms with van der Waals surface area (Å²) < 4.78 is 70.6. The number of hydrogen-bond acceptors (Lipinski definition) is 6. The van der Waals surface area contributed by atoms with Crippen molar-refractivity contribution < 1.29 is 40.7 Å². The van der Waals surface area contributed by atoms with E-state index in [-0.39, 0.29) is 35.5 Å². The molecule has 0 aliphatic carbocycles. The number of anilines is 1. The van der Waals surface area contributed by atoms with Crippen LogP contribution in [0.2, 0.25) is 0 Å². The number of carbonyl (C=O) groups is 2. The van der Waals surface area contributed by atoms with Gasteiger partial charge in [-0.05, 0) is 24.3 Å². The molecule has 0 radical (unpaired) electrons. The smallest absolute Gasteiger partial charge is 0.291 e. The van der Waals surface area contributed by atoms with Crippen LogP contribution in [0, 0.1) is 23.3 Å². The topological polar surface area (TPSA) is 112 Å². The van der Waals surface area contributed by atoms with E-state index in [1.807, 2.05) is 0 Å². The van der Waals surface area contributed by atoms with E-state index in [1.165, 1.54) is 29.3 Å². The van der Waals surface area contributed by atoms with E-state index in [2.05, 4.69) is 15.7 Å². The highest BCUT2D eigenvalue weighted by atomic mass is 19.2. The first-order valence-corrected chi connectivity index (χ1v) is 9.93. The molecule has 2 N–H and O–H groups in total. The number of benzene rings is 1. The van der Waals surface area contributed by atoms with Crippen LogP contribution in [0.15, 0.2) is 51.6 Å². The van der Waals surface area contributed by atoms with Gasteiger partial charge in [0.25, 0.3) is 11.8 Å². The van der Waals surface area contributed by atoms with Crippen molar-refractivity contribution in [2.75, 3.05) is 5.32 Å². The number of amides is 2. The summed E-state index contributed by atoms with van der Waals surface area (Å²) in [6, 6.07) is 5.89. The third-order valence-corrected chi connectivity index (χ3v) is 4.61. The molecule has 0 fully saturated rings. The fourth-order valence-electron chi connectivity index (χ4n) is 2.99. The van der Waals surface area contributed by atoms with Gasteiger partial charge in [0.15, 0.2) is 28.8 Å². The monoisotopic (exact) mass is 492 g/mol. The van der Waals surface area contributed by atoms with Gasteiger partial charge in [0.05, 0.1) is 18.5 Å². The number of nitrogens with one attached hydrogen (secondary N) is 2. The third-order valence-electron chi connectivity index (χ3n) is 4.61. The van der Waals surface area contributed by atoms with E-state index in [4.69, 9.17) is 13.6 Å². The van der Waals surface area contributed by atoms with Crippen molar-refractivity contribution in [1.29, 1.82) is 0 Å². The van der Waals surface area contributed by atoms with Crippen LogP contribution in [-0.4, -0.2) is 21.6 Å². The van der Waals surface area contributed by atoms with Crippen LogP contribution in [0.5, 0.6) is 5.75 Å². The average molecular weight is 492 g/mol. The minimum absolute atomic E-state index is 0.0524. The van der Waals surface area contributed by atoms with Crippen molar-refractivity contribution >= 4 is 17.5 Å². The summed E-state index contributed by atoms with van der Waals surface area (Å²) in [5.74, 6) is -9.04. The molecule has 3 aromatic heterocycles. The van der Waals surface area contributed by atoms with Crippen molar-refractivity contribution in [3.8, 4) is 5.75 Å². The minimum atomic E-state index is -1.71. The second kappa shape index (κ2) is 9.75. The highest BCUT2D eigenvalue weighted by Crippen LogP contribution is 2.27. The molecule has 0 aliphatic rings. The molecule has 3 heterocycles. The molecular formula is C22H16F4N4O5. The van der Waals surface area contributed by atoms with Gasteiger partial charge in [-0.25, -0.2) is 8.78 Å². The van der Waals surface area contributed by atoms with Gasteiger partial charge >= 0.3 is 0 Å². The van der Waals surface area contributed by atoms with Gasteiger partial charge in [-0.2, -0.15) is 13.9 Å². The Bertz CT molecular complexity index is 1350. The zero-order valence-electron chi connectivity index (χ0n) is 17.9. The number of hydrogen-bond donors (Lipinski definition) is 2. The fraction of sp³-hybridized carbons (Fsp3) is 0.136. The molecule has 4 rings (SSSR count).